The average molecular weight is 337 g/mol. The Morgan fingerprint density at radius 3 is 2.48 bits per heavy atom. The van der Waals surface area contributed by atoms with Crippen molar-refractivity contribution in [2.24, 2.45) is 5.92 Å². The van der Waals surface area contributed by atoms with Crippen molar-refractivity contribution in [1.29, 1.82) is 0 Å². The highest BCUT2D eigenvalue weighted by atomic mass is 32.2. The number of hydrogen-bond acceptors (Lipinski definition) is 3. The number of rotatable bonds is 7. The Morgan fingerprint density at radius 2 is 1.96 bits per heavy atom. The summed E-state index contributed by atoms with van der Waals surface area (Å²) in [5.74, 6) is 0.438. The molecule has 1 fully saturated rings. The van der Waals surface area contributed by atoms with E-state index >= 15 is 0 Å². The monoisotopic (exact) mass is 337 g/mol. The highest BCUT2D eigenvalue weighted by molar-refractivity contribution is 7.89. The average Bonchev–Trinajstić information content (AvgIpc) is 3.29. The van der Waals surface area contributed by atoms with E-state index in [0.29, 0.717) is 23.1 Å². The number of carbonyl (C=O) groups is 1. The molecule has 4 nitrogen and oxygen atoms in total. The van der Waals surface area contributed by atoms with E-state index in [1.165, 1.54) is 6.26 Å². The van der Waals surface area contributed by atoms with E-state index in [9.17, 15) is 13.2 Å². The Bertz CT molecular complexity index is 665. The summed E-state index contributed by atoms with van der Waals surface area (Å²) < 4.78 is 22.9. The third-order valence-electron chi connectivity index (χ3n) is 4.68. The van der Waals surface area contributed by atoms with Crippen LogP contribution in [0.1, 0.15) is 56.0 Å². The molecule has 1 aliphatic carbocycles. The molecule has 0 heterocycles. The Balaban J connectivity index is 2.25. The predicted octanol–water partition coefficient (Wildman–Crippen LogP) is 3.27. The van der Waals surface area contributed by atoms with Crippen LogP contribution in [0.4, 0.5) is 0 Å². The van der Waals surface area contributed by atoms with Crippen molar-refractivity contribution in [1.82, 2.24) is 4.90 Å². The molecular formula is C18H27NO3S. The van der Waals surface area contributed by atoms with Crippen LogP contribution >= 0.6 is 0 Å². The molecule has 0 N–H and O–H groups in total. The number of carbonyl (C=O) groups excluding carboxylic acids is 1. The molecule has 1 aliphatic rings. The number of sulfone groups is 1. The molecule has 0 aliphatic heterocycles. The fourth-order valence-corrected chi connectivity index (χ4v) is 3.68. The maximum Gasteiger partial charge on any atom is 0.254 e. The minimum Gasteiger partial charge on any atom is -0.333 e. The van der Waals surface area contributed by atoms with Gasteiger partial charge in [-0.3, -0.25) is 4.79 Å². The van der Waals surface area contributed by atoms with E-state index in [0.717, 1.165) is 19.3 Å². The molecule has 5 heteroatoms. The highest BCUT2D eigenvalue weighted by Gasteiger charge is 2.37. The van der Waals surface area contributed by atoms with Gasteiger partial charge < -0.3 is 4.90 Å². The van der Waals surface area contributed by atoms with Crippen LogP contribution in [0.3, 0.4) is 0 Å². The van der Waals surface area contributed by atoms with Gasteiger partial charge in [0.2, 0.25) is 0 Å². The van der Waals surface area contributed by atoms with Crippen molar-refractivity contribution in [3.05, 3.63) is 35.4 Å². The molecule has 1 aromatic carbocycles. The molecule has 128 valence electrons. The smallest absolute Gasteiger partial charge is 0.254 e. The first-order valence-electron chi connectivity index (χ1n) is 8.32. The lowest BCUT2D eigenvalue weighted by Gasteiger charge is -2.33. The van der Waals surface area contributed by atoms with Crippen LogP contribution in [0.25, 0.3) is 0 Å². The maximum absolute atomic E-state index is 13.0. The third kappa shape index (κ3) is 4.80. The van der Waals surface area contributed by atoms with Crippen LogP contribution in [-0.2, 0) is 15.6 Å². The van der Waals surface area contributed by atoms with Crippen LogP contribution in [0.15, 0.2) is 24.3 Å². The minimum absolute atomic E-state index is 0.0238. The molecule has 2 atom stereocenters. The van der Waals surface area contributed by atoms with Crippen LogP contribution in [0, 0.1) is 5.92 Å². The summed E-state index contributed by atoms with van der Waals surface area (Å²) in [6.45, 7) is 6.43. The lowest BCUT2D eigenvalue weighted by molar-refractivity contribution is 0.0615. The SMILES string of the molecule is CCC(C)C(C)N(C(=O)c1cccc(CS(C)(=O)=O)c1)C1CC1. The van der Waals surface area contributed by atoms with E-state index < -0.39 is 9.84 Å². The maximum atomic E-state index is 13.0. The lowest BCUT2D eigenvalue weighted by atomic mass is 9.98. The molecule has 1 amide bonds. The van der Waals surface area contributed by atoms with E-state index in [1.807, 2.05) is 4.90 Å². The quantitative estimate of drug-likeness (QED) is 0.767. The Labute approximate surface area is 139 Å². The van der Waals surface area contributed by atoms with Gasteiger partial charge in [-0.2, -0.15) is 0 Å². The standard InChI is InChI=1S/C18H27NO3S/c1-5-13(2)14(3)19(17-9-10-17)18(20)16-8-6-7-15(11-16)12-23(4,21)22/h6-8,11,13-14,17H,5,9-10,12H2,1-4H3. The van der Waals surface area contributed by atoms with Crippen molar-refractivity contribution in [3.8, 4) is 0 Å². The number of nitrogens with zero attached hydrogens (tertiary/aromatic N) is 1. The summed E-state index contributed by atoms with van der Waals surface area (Å²) in [5, 5.41) is 0. The van der Waals surface area contributed by atoms with Gasteiger partial charge >= 0.3 is 0 Å². The van der Waals surface area contributed by atoms with Crippen molar-refractivity contribution in [2.75, 3.05) is 6.26 Å². The second-order valence-electron chi connectivity index (χ2n) is 6.84. The van der Waals surface area contributed by atoms with Crippen LogP contribution in [-0.4, -0.2) is 37.6 Å². The zero-order valence-electron chi connectivity index (χ0n) is 14.5. The Kier molecular flexibility index (Phi) is 5.50. The molecule has 0 bridgehead atoms. The molecular weight excluding hydrogens is 310 g/mol. The first-order chi connectivity index (χ1) is 10.7. The minimum atomic E-state index is -3.10. The van der Waals surface area contributed by atoms with Crippen LogP contribution < -0.4 is 0 Å². The zero-order chi connectivity index (χ0) is 17.2. The predicted molar refractivity (Wildman–Crippen MR) is 93.1 cm³/mol. The van der Waals surface area contributed by atoms with E-state index in [-0.39, 0.29) is 17.7 Å². The summed E-state index contributed by atoms with van der Waals surface area (Å²) in [6.07, 6.45) is 4.37. The van der Waals surface area contributed by atoms with Crippen molar-refractivity contribution in [3.63, 3.8) is 0 Å². The van der Waals surface area contributed by atoms with Gasteiger partial charge in [0.15, 0.2) is 9.84 Å². The first kappa shape index (κ1) is 18.0. The third-order valence-corrected chi connectivity index (χ3v) is 5.54. The summed E-state index contributed by atoms with van der Waals surface area (Å²) in [7, 11) is -3.10. The normalized spacial score (nSPS) is 17.6. The second-order valence-corrected chi connectivity index (χ2v) is 8.98. The second kappa shape index (κ2) is 7.04. The molecule has 0 spiro atoms. The summed E-state index contributed by atoms with van der Waals surface area (Å²) in [6, 6.07) is 7.57. The molecule has 0 radical (unpaired) electrons. The Morgan fingerprint density at radius 1 is 1.30 bits per heavy atom. The molecule has 2 unspecified atom stereocenters. The van der Waals surface area contributed by atoms with E-state index in [1.54, 1.807) is 24.3 Å². The van der Waals surface area contributed by atoms with Crippen molar-refractivity contribution in [2.45, 2.75) is 57.9 Å². The van der Waals surface area contributed by atoms with Crippen LogP contribution in [0.5, 0.6) is 0 Å². The molecule has 2 rings (SSSR count). The van der Waals surface area contributed by atoms with Gasteiger partial charge in [-0.1, -0.05) is 32.4 Å². The number of benzene rings is 1. The molecule has 23 heavy (non-hydrogen) atoms. The summed E-state index contributed by atoms with van der Waals surface area (Å²) >= 11 is 0. The largest absolute Gasteiger partial charge is 0.333 e. The molecule has 1 aromatic rings. The van der Waals surface area contributed by atoms with E-state index in [2.05, 4.69) is 20.8 Å². The number of amides is 1. The van der Waals surface area contributed by atoms with Gasteiger partial charge in [0.1, 0.15) is 0 Å². The Hall–Kier alpha value is -1.36. The van der Waals surface area contributed by atoms with Gasteiger partial charge in [0, 0.05) is 23.9 Å². The van der Waals surface area contributed by atoms with Gasteiger partial charge in [0.05, 0.1) is 5.75 Å². The van der Waals surface area contributed by atoms with Crippen LogP contribution in [0.2, 0.25) is 0 Å². The van der Waals surface area contributed by atoms with Gasteiger partial charge in [-0.15, -0.1) is 0 Å². The van der Waals surface area contributed by atoms with Crippen molar-refractivity contribution < 1.29 is 13.2 Å². The van der Waals surface area contributed by atoms with Gasteiger partial charge in [0.25, 0.3) is 5.91 Å². The summed E-state index contributed by atoms with van der Waals surface area (Å²) in [4.78, 5) is 15.0. The topological polar surface area (TPSA) is 54.5 Å². The fraction of sp³-hybridized carbons (Fsp3) is 0.611. The lowest BCUT2D eigenvalue weighted by Crippen LogP contribution is -2.43. The fourth-order valence-electron chi connectivity index (χ4n) is 2.90. The molecule has 0 saturated heterocycles. The number of hydrogen-bond donors (Lipinski definition) is 0. The molecule has 1 saturated carbocycles. The summed E-state index contributed by atoms with van der Waals surface area (Å²) in [5.41, 5.74) is 1.26. The highest BCUT2D eigenvalue weighted by Crippen LogP contribution is 2.32. The zero-order valence-corrected chi connectivity index (χ0v) is 15.3. The van der Waals surface area contributed by atoms with E-state index in [4.69, 9.17) is 0 Å². The first-order valence-corrected chi connectivity index (χ1v) is 10.4. The van der Waals surface area contributed by atoms with Gasteiger partial charge in [-0.25, -0.2) is 8.42 Å². The molecule has 0 aromatic heterocycles. The van der Waals surface area contributed by atoms with Crippen molar-refractivity contribution >= 4 is 15.7 Å². The van der Waals surface area contributed by atoms with Gasteiger partial charge in [-0.05, 0) is 43.4 Å².